The minimum Gasteiger partial charge on any atom is -0.469 e. The van der Waals surface area contributed by atoms with Crippen molar-refractivity contribution in [3.05, 3.63) is 59.3 Å². The molecule has 4 nitrogen and oxygen atoms in total. The molecule has 5 heteroatoms. The van der Waals surface area contributed by atoms with Gasteiger partial charge in [0.15, 0.2) is 0 Å². The molecule has 1 unspecified atom stereocenters. The van der Waals surface area contributed by atoms with Gasteiger partial charge in [0.1, 0.15) is 11.6 Å². The van der Waals surface area contributed by atoms with Gasteiger partial charge < -0.3 is 14.8 Å². The molecule has 1 aromatic carbocycles. The Morgan fingerprint density at radius 1 is 1.42 bits per heavy atom. The first-order chi connectivity index (χ1) is 9.09. The quantitative estimate of drug-likeness (QED) is 0.888. The summed E-state index contributed by atoms with van der Waals surface area (Å²) in [5, 5.41) is 12.4. The largest absolute Gasteiger partial charge is 0.469 e. The third-order valence-electron chi connectivity index (χ3n) is 2.82. The van der Waals surface area contributed by atoms with Crippen LogP contribution in [0.2, 0.25) is 0 Å². The molecule has 0 radical (unpaired) electrons. The van der Waals surface area contributed by atoms with Gasteiger partial charge in [0.25, 0.3) is 5.91 Å². The number of aryl methyl sites for hydroxylation is 1. The second-order valence-corrected chi connectivity index (χ2v) is 4.14. The summed E-state index contributed by atoms with van der Waals surface area (Å²) in [7, 11) is 0. The maximum Gasteiger partial charge on any atom is 0.254 e. The first-order valence-electron chi connectivity index (χ1n) is 5.84. The highest BCUT2D eigenvalue weighted by molar-refractivity contribution is 5.95. The van der Waals surface area contributed by atoms with Crippen molar-refractivity contribution in [1.82, 2.24) is 5.32 Å². The summed E-state index contributed by atoms with van der Waals surface area (Å²) in [4.78, 5) is 11.8. The molecule has 1 aromatic heterocycles. The lowest BCUT2D eigenvalue weighted by molar-refractivity contribution is 0.0912. The van der Waals surface area contributed by atoms with Gasteiger partial charge in [-0.1, -0.05) is 18.2 Å². The van der Waals surface area contributed by atoms with Gasteiger partial charge in [0.05, 0.1) is 17.9 Å². The molecule has 0 aliphatic rings. The van der Waals surface area contributed by atoms with Crippen LogP contribution in [0.5, 0.6) is 0 Å². The summed E-state index contributed by atoms with van der Waals surface area (Å²) in [6.07, 6.45) is 0.328. The van der Waals surface area contributed by atoms with Crippen LogP contribution in [0.1, 0.15) is 27.8 Å². The predicted molar refractivity (Wildman–Crippen MR) is 67.1 cm³/mol. The highest BCUT2D eigenvalue weighted by Gasteiger charge is 2.15. The van der Waals surface area contributed by atoms with E-state index < -0.39 is 11.9 Å². The predicted octanol–water partition coefficient (Wildman–Crippen LogP) is 2.19. The van der Waals surface area contributed by atoms with Gasteiger partial charge >= 0.3 is 0 Å². The zero-order valence-electron chi connectivity index (χ0n) is 10.4. The molecule has 2 N–H and O–H groups in total. The van der Waals surface area contributed by atoms with E-state index in [1.807, 2.05) is 0 Å². The molecule has 0 saturated carbocycles. The Labute approximate surface area is 109 Å². The normalized spacial score (nSPS) is 12.2. The van der Waals surface area contributed by atoms with Gasteiger partial charge in [0.2, 0.25) is 0 Å². The molecule has 19 heavy (non-hydrogen) atoms. The lowest BCUT2D eigenvalue weighted by atomic mass is 10.1. The zero-order valence-corrected chi connectivity index (χ0v) is 10.4. The van der Waals surface area contributed by atoms with Crippen LogP contribution in [0.25, 0.3) is 0 Å². The molecule has 100 valence electrons. The first-order valence-corrected chi connectivity index (χ1v) is 5.84. The number of furan rings is 1. The van der Waals surface area contributed by atoms with Crippen LogP contribution in [0.3, 0.4) is 0 Å². The average Bonchev–Trinajstić information content (AvgIpc) is 2.82. The standard InChI is InChI=1S/C14H14FNO3/c1-9-10(6-7-19-9)14(18)16-8-13(17)11-4-2-3-5-12(11)15/h2-7,13,17H,8H2,1H3,(H,16,18). The minimum absolute atomic E-state index is 0.0651. The second kappa shape index (κ2) is 5.67. The molecule has 0 bridgehead atoms. The number of benzene rings is 1. The van der Waals surface area contributed by atoms with E-state index in [1.165, 1.54) is 18.4 Å². The fourth-order valence-electron chi connectivity index (χ4n) is 1.76. The molecule has 0 saturated heterocycles. The lowest BCUT2D eigenvalue weighted by Gasteiger charge is -2.12. The molecule has 2 aromatic rings. The number of aliphatic hydroxyl groups excluding tert-OH is 1. The number of hydrogen-bond acceptors (Lipinski definition) is 3. The van der Waals surface area contributed by atoms with Crippen LogP contribution in [0.15, 0.2) is 41.0 Å². The van der Waals surface area contributed by atoms with Crippen molar-refractivity contribution < 1.29 is 18.7 Å². The summed E-state index contributed by atoms with van der Waals surface area (Å²) in [5.41, 5.74) is 0.562. The highest BCUT2D eigenvalue weighted by atomic mass is 19.1. The Morgan fingerprint density at radius 3 is 2.79 bits per heavy atom. The number of hydrogen-bond donors (Lipinski definition) is 2. The summed E-state index contributed by atoms with van der Waals surface area (Å²) >= 11 is 0. The van der Waals surface area contributed by atoms with Crippen LogP contribution in [0.4, 0.5) is 4.39 Å². The molecular weight excluding hydrogens is 249 g/mol. The van der Waals surface area contributed by atoms with Crippen LogP contribution in [0, 0.1) is 12.7 Å². The van der Waals surface area contributed by atoms with Crippen molar-refractivity contribution in [3.8, 4) is 0 Å². The first kappa shape index (κ1) is 13.3. The van der Waals surface area contributed by atoms with Gasteiger partial charge in [-0.15, -0.1) is 0 Å². The maximum atomic E-state index is 13.4. The van der Waals surface area contributed by atoms with E-state index in [1.54, 1.807) is 25.1 Å². The van der Waals surface area contributed by atoms with E-state index in [-0.39, 0.29) is 18.0 Å². The highest BCUT2D eigenvalue weighted by Crippen LogP contribution is 2.16. The Balaban J connectivity index is 1.98. The Bertz CT molecular complexity index is 580. The second-order valence-electron chi connectivity index (χ2n) is 4.14. The van der Waals surface area contributed by atoms with Crippen molar-refractivity contribution in [3.63, 3.8) is 0 Å². The smallest absolute Gasteiger partial charge is 0.254 e. The number of rotatable bonds is 4. The van der Waals surface area contributed by atoms with E-state index in [4.69, 9.17) is 4.42 Å². The molecule has 0 spiro atoms. The van der Waals surface area contributed by atoms with Gasteiger partial charge in [0, 0.05) is 12.1 Å². The van der Waals surface area contributed by atoms with Crippen LogP contribution in [-0.4, -0.2) is 17.6 Å². The minimum atomic E-state index is -1.09. The number of halogens is 1. The number of nitrogens with one attached hydrogen (secondary N) is 1. The van der Waals surface area contributed by atoms with E-state index in [0.717, 1.165) is 0 Å². The van der Waals surface area contributed by atoms with Gasteiger partial charge in [-0.3, -0.25) is 4.79 Å². The van der Waals surface area contributed by atoms with Crippen LogP contribution < -0.4 is 5.32 Å². The third-order valence-corrected chi connectivity index (χ3v) is 2.82. The third kappa shape index (κ3) is 3.00. The fourth-order valence-corrected chi connectivity index (χ4v) is 1.76. The Hall–Kier alpha value is -2.14. The number of amides is 1. The zero-order chi connectivity index (χ0) is 13.8. The van der Waals surface area contributed by atoms with Crippen LogP contribution in [-0.2, 0) is 0 Å². The average molecular weight is 263 g/mol. The molecule has 0 aliphatic heterocycles. The number of carbonyl (C=O) groups is 1. The SMILES string of the molecule is Cc1occc1C(=O)NCC(O)c1ccccc1F. The van der Waals surface area contributed by atoms with E-state index in [2.05, 4.69) is 5.32 Å². The summed E-state index contributed by atoms with van der Waals surface area (Å²) in [6, 6.07) is 7.46. The number of carbonyl (C=O) groups excluding carboxylic acids is 1. The molecule has 1 amide bonds. The number of aliphatic hydroxyl groups is 1. The van der Waals surface area contributed by atoms with Crippen molar-refractivity contribution >= 4 is 5.91 Å². The summed E-state index contributed by atoms with van der Waals surface area (Å²) < 4.78 is 18.4. The van der Waals surface area contributed by atoms with Crippen molar-refractivity contribution in [2.75, 3.05) is 6.54 Å². The van der Waals surface area contributed by atoms with E-state index in [9.17, 15) is 14.3 Å². The van der Waals surface area contributed by atoms with E-state index >= 15 is 0 Å². The molecule has 2 rings (SSSR count). The van der Waals surface area contributed by atoms with Gasteiger partial charge in [-0.25, -0.2) is 4.39 Å². The summed E-state index contributed by atoms with van der Waals surface area (Å²) in [5.74, 6) is -0.358. The van der Waals surface area contributed by atoms with Crippen LogP contribution >= 0.6 is 0 Å². The topological polar surface area (TPSA) is 62.5 Å². The van der Waals surface area contributed by atoms with Crippen molar-refractivity contribution in [2.45, 2.75) is 13.0 Å². The fraction of sp³-hybridized carbons (Fsp3) is 0.214. The molecular formula is C14H14FNO3. The molecule has 0 fully saturated rings. The molecule has 1 heterocycles. The Kier molecular flexibility index (Phi) is 3.97. The molecule has 1 atom stereocenters. The van der Waals surface area contributed by atoms with Gasteiger partial charge in [-0.05, 0) is 19.1 Å². The Morgan fingerprint density at radius 2 is 2.16 bits per heavy atom. The van der Waals surface area contributed by atoms with Crippen molar-refractivity contribution in [1.29, 1.82) is 0 Å². The van der Waals surface area contributed by atoms with Gasteiger partial charge in [-0.2, -0.15) is 0 Å². The maximum absolute atomic E-state index is 13.4. The lowest BCUT2D eigenvalue weighted by Crippen LogP contribution is -2.28. The van der Waals surface area contributed by atoms with Crippen molar-refractivity contribution in [2.24, 2.45) is 0 Å². The molecule has 0 aliphatic carbocycles. The summed E-state index contributed by atoms with van der Waals surface area (Å²) in [6.45, 7) is 1.60. The van der Waals surface area contributed by atoms with E-state index in [0.29, 0.717) is 11.3 Å². The monoisotopic (exact) mass is 263 g/mol.